The van der Waals surface area contributed by atoms with Gasteiger partial charge in [0.1, 0.15) is 11.7 Å². The molecule has 0 aliphatic carbocycles. The number of hydrogen-bond acceptors (Lipinski definition) is 3. The minimum Gasteiger partial charge on any atom is -0.354 e. The number of benzene rings is 4. The third-order valence-electron chi connectivity index (χ3n) is 7.73. The first-order valence-corrected chi connectivity index (χ1v) is 14.8. The van der Waals surface area contributed by atoms with E-state index in [1.165, 1.54) is 17.0 Å². The summed E-state index contributed by atoms with van der Waals surface area (Å²) in [7, 11) is 3.26. The molecule has 0 fully saturated rings. The molecule has 1 atom stereocenters. The first kappa shape index (κ1) is 32.3. The van der Waals surface area contributed by atoms with Gasteiger partial charge in [-0.1, -0.05) is 72.3 Å². The second-order valence-electron chi connectivity index (χ2n) is 10.6. The highest BCUT2D eigenvalue weighted by Crippen LogP contribution is 2.35. The third-order valence-corrected chi connectivity index (χ3v) is 8.11. The number of hydrogen-bond donors (Lipinski definition) is 2. The van der Waals surface area contributed by atoms with E-state index in [-0.39, 0.29) is 16.6 Å². The van der Waals surface area contributed by atoms with Crippen LogP contribution < -0.4 is 15.5 Å². The van der Waals surface area contributed by atoms with Crippen molar-refractivity contribution in [1.82, 2.24) is 15.2 Å². The normalized spacial score (nSPS) is 12.1. The summed E-state index contributed by atoms with van der Waals surface area (Å²) in [4.78, 5) is 41.6. The minimum atomic E-state index is -4.47. The molecule has 5 aromatic rings. The summed E-state index contributed by atoms with van der Waals surface area (Å²) in [5.74, 6) is -1.32. The number of nitrogens with zero attached hydrogens (tertiary/aromatic N) is 2. The summed E-state index contributed by atoms with van der Waals surface area (Å²) in [6.07, 6.45) is -4.47. The van der Waals surface area contributed by atoms with E-state index < -0.39 is 29.6 Å². The van der Waals surface area contributed by atoms with Crippen LogP contribution in [0.1, 0.15) is 44.9 Å². The molecule has 236 valence electrons. The summed E-state index contributed by atoms with van der Waals surface area (Å²) in [5, 5.41) is 6.21. The van der Waals surface area contributed by atoms with Gasteiger partial charge in [-0.3, -0.25) is 14.4 Å². The van der Waals surface area contributed by atoms with Gasteiger partial charge in [0.25, 0.3) is 11.8 Å². The van der Waals surface area contributed by atoms with Crippen molar-refractivity contribution in [1.29, 1.82) is 0 Å². The number of alkyl halides is 3. The van der Waals surface area contributed by atoms with Crippen LogP contribution in [0.15, 0.2) is 97.1 Å². The molecule has 7 nitrogen and oxygen atoms in total. The van der Waals surface area contributed by atoms with E-state index >= 15 is 0 Å². The zero-order chi connectivity index (χ0) is 33.2. The van der Waals surface area contributed by atoms with Crippen LogP contribution >= 0.6 is 11.6 Å². The van der Waals surface area contributed by atoms with Gasteiger partial charge in [0.05, 0.1) is 16.1 Å². The summed E-state index contributed by atoms with van der Waals surface area (Å²) in [6.45, 7) is 2.17. The Bertz CT molecular complexity index is 1920. The fourth-order valence-corrected chi connectivity index (χ4v) is 5.69. The largest absolute Gasteiger partial charge is 0.416 e. The van der Waals surface area contributed by atoms with Gasteiger partial charge in [-0.15, -0.1) is 0 Å². The van der Waals surface area contributed by atoms with E-state index in [4.69, 9.17) is 11.6 Å². The smallest absolute Gasteiger partial charge is 0.354 e. The molecule has 3 amide bonds. The molecule has 1 heterocycles. The van der Waals surface area contributed by atoms with Gasteiger partial charge in [-0.05, 0) is 60.0 Å². The Morgan fingerprint density at radius 3 is 2.22 bits per heavy atom. The number of nitrogens with one attached hydrogen (secondary N) is 2. The maximum Gasteiger partial charge on any atom is 0.416 e. The molecule has 11 heteroatoms. The zero-order valence-electron chi connectivity index (χ0n) is 25.2. The lowest BCUT2D eigenvalue weighted by atomic mass is 9.97. The number of rotatable bonds is 8. The van der Waals surface area contributed by atoms with Crippen LogP contribution in [0.5, 0.6) is 0 Å². The molecule has 1 aromatic heterocycles. The number of aryl methyl sites for hydroxylation is 1. The van der Waals surface area contributed by atoms with Crippen molar-refractivity contribution < 1.29 is 27.6 Å². The topological polar surface area (TPSA) is 83.4 Å². The fraction of sp³-hybridized carbons (Fsp3) is 0.171. The summed E-state index contributed by atoms with van der Waals surface area (Å²) in [5.41, 5.74) is 2.30. The van der Waals surface area contributed by atoms with Crippen molar-refractivity contribution in [3.63, 3.8) is 0 Å². The highest BCUT2D eigenvalue weighted by molar-refractivity contribution is 6.39. The monoisotopic (exact) mass is 646 g/mol. The molecule has 46 heavy (non-hydrogen) atoms. The maximum atomic E-state index is 13.7. The predicted molar refractivity (Wildman–Crippen MR) is 173 cm³/mol. The molecule has 0 spiro atoms. The van der Waals surface area contributed by atoms with Crippen molar-refractivity contribution in [3.8, 4) is 11.1 Å². The zero-order valence-corrected chi connectivity index (χ0v) is 25.9. The Hall–Kier alpha value is -5.09. The first-order chi connectivity index (χ1) is 21.9. The van der Waals surface area contributed by atoms with E-state index in [1.54, 1.807) is 92.3 Å². The number of aromatic nitrogens is 1. The minimum absolute atomic E-state index is 0.140. The van der Waals surface area contributed by atoms with Crippen molar-refractivity contribution in [2.24, 2.45) is 7.05 Å². The van der Waals surface area contributed by atoms with E-state index in [1.807, 2.05) is 6.07 Å². The fourth-order valence-electron chi connectivity index (χ4n) is 5.33. The third kappa shape index (κ3) is 6.34. The second-order valence-corrected chi connectivity index (χ2v) is 11.0. The molecule has 2 N–H and O–H groups in total. The highest BCUT2D eigenvalue weighted by atomic mass is 35.5. The Balaban J connectivity index is 1.45. The molecular formula is C35H30ClF3N4O3. The van der Waals surface area contributed by atoms with Gasteiger partial charge >= 0.3 is 6.18 Å². The van der Waals surface area contributed by atoms with Gasteiger partial charge in [-0.25, -0.2) is 0 Å². The van der Waals surface area contributed by atoms with Gasteiger partial charge in [0.15, 0.2) is 0 Å². The van der Waals surface area contributed by atoms with Crippen LogP contribution in [0.4, 0.5) is 18.9 Å². The second kappa shape index (κ2) is 13.1. The van der Waals surface area contributed by atoms with Crippen molar-refractivity contribution in [2.45, 2.75) is 19.1 Å². The number of likely N-dealkylation sites (N-methyl/N-ethyl adjacent to an activating group) is 1. The average Bonchev–Trinajstić information content (AvgIpc) is 3.31. The van der Waals surface area contributed by atoms with Gasteiger partial charge in [0.2, 0.25) is 5.91 Å². The molecule has 0 aliphatic rings. The lowest BCUT2D eigenvalue weighted by Crippen LogP contribution is -2.40. The summed E-state index contributed by atoms with van der Waals surface area (Å²) in [6, 6.07) is 24.4. The molecule has 0 saturated carbocycles. The molecule has 0 bridgehead atoms. The number of carbonyl (C=O) groups is 3. The van der Waals surface area contributed by atoms with Crippen molar-refractivity contribution >= 4 is 45.9 Å². The summed E-state index contributed by atoms with van der Waals surface area (Å²) >= 11 is 6.79. The first-order valence-electron chi connectivity index (χ1n) is 14.4. The molecule has 5 rings (SSSR count). The predicted octanol–water partition coefficient (Wildman–Crippen LogP) is 7.40. The van der Waals surface area contributed by atoms with Gasteiger partial charge < -0.3 is 20.1 Å². The molecule has 1 unspecified atom stereocenters. The number of carbonyl (C=O) groups excluding carboxylic acids is 3. The Morgan fingerprint density at radius 1 is 0.913 bits per heavy atom. The molecule has 0 aliphatic heterocycles. The highest BCUT2D eigenvalue weighted by Gasteiger charge is 2.31. The van der Waals surface area contributed by atoms with Gasteiger partial charge in [-0.2, -0.15) is 13.2 Å². The van der Waals surface area contributed by atoms with Crippen LogP contribution in [0, 0.1) is 0 Å². The molecule has 4 aromatic carbocycles. The van der Waals surface area contributed by atoms with Crippen LogP contribution in [-0.2, 0) is 18.0 Å². The van der Waals surface area contributed by atoms with E-state index in [9.17, 15) is 27.6 Å². The maximum absolute atomic E-state index is 13.7. The van der Waals surface area contributed by atoms with E-state index in [0.717, 1.165) is 12.1 Å². The Morgan fingerprint density at radius 2 is 1.57 bits per heavy atom. The van der Waals surface area contributed by atoms with E-state index in [2.05, 4.69) is 10.6 Å². The quantitative estimate of drug-likeness (QED) is 0.184. The number of amides is 3. The molecular weight excluding hydrogens is 617 g/mol. The van der Waals surface area contributed by atoms with Crippen LogP contribution in [0.25, 0.3) is 22.0 Å². The van der Waals surface area contributed by atoms with Crippen molar-refractivity contribution in [3.05, 3.63) is 124 Å². The number of anilines is 1. The number of halogens is 4. The van der Waals surface area contributed by atoms with Gasteiger partial charge in [0, 0.05) is 37.3 Å². The SMILES string of the molecule is CCNC(=O)C(NC(=O)c1c(Cl)c2cc(N(C)C(=O)c3ccccc3-c3ccc(C(F)(F)F)cc3)ccc2n1C)c1ccccc1. The van der Waals surface area contributed by atoms with E-state index in [0.29, 0.717) is 45.4 Å². The van der Waals surface area contributed by atoms with Crippen LogP contribution in [0.2, 0.25) is 5.02 Å². The van der Waals surface area contributed by atoms with Crippen molar-refractivity contribution in [2.75, 3.05) is 18.5 Å². The lowest BCUT2D eigenvalue weighted by Gasteiger charge is -2.20. The standard InChI is InChI=1S/C35H30ClF3N4O3/c1-4-40-32(44)30(22-10-6-5-7-11-22)41-33(45)31-29(36)27-20-24(18-19-28(27)43(31)3)42(2)34(46)26-13-9-8-12-25(26)21-14-16-23(17-15-21)35(37,38)39/h5-20,30H,4H2,1-3H3,(H,40,44)(H,41,45). The lowest BCUT2D eigenvalue weighted by molar-refractivity contribution is -0.137. The Kier molecular flexibility index (Phi) is 9.20. The molecule has 0 radical (unpaired) electrons. The number of fused-ring (bicyclic) bond motifs is 1. The summed E-state index contributed by atoms with van der Waals surface area (Å²) < 4.78 is 41.0. The molecule has 0 saturated heterocycles. The van der Waals surface area contributed by atoms with Crippen LogP contribution in [0.3, 0.4) is 0 Å². The average molecular weight is 647 g/mol. The Labute approximate surface area is 268 Å². The van der Waals surface area contributed by atoms with Crippen LogP contribution in [-0.4, -0.2) is 35.9 Å².